The van der Waals surface area contributed by atoms with E-state index in [9.17, 15) is 19.7 Å². The van der Waals surface area contributed by atoms with Gasteiger partial charge < -0.3 is 10.1 Å². The van der Waals surface area contributed by atoms with Crippen molar-refractivity contribution in [2.45, 2.75) is 37.7 Å². The second kappa shape index (κ2) is 7.99. The number of non-ortho nitro benzene ring substituents is 1. The van der Waals surface area contributed by atoms with Crippen molar-refractivity contribution in [3.63, 3.8) is 0 Å². The molecule has 1 N–H and O–H groups in total. The molecule has 0 aromatic heterocycles. The maximum atomic E-state index is 13.0. The van der Waals surface area contributed by atoms with Gasteiger partial charge in [-0.05, 0) is 49.9 Å². The molecular weight excluding hydrogens is 348 g/mol. The van der Waals surface area contributed by atoms with E-state index < -0.39 is 22.4 Å². The molecule has 0 aliphatic heterocycles. The molecule has 140 valence electrons. The molecule has 0 unspecified atom stereocenters. The fourth-order valence-corrected chi connectivity index (χ4v) is 3.22. The lowest BCUT2D eigenvalue weighted by atomic mass is 9.83. The van der Waals surface area contributed by atoms with Crippen LogP contribution in [0.3, 0.4) is 0 Å². The highest BCUT2D eigenvalue weighted by Crippen LogP contribution is 2.34. The van der Waals surface area contributed by atoms with Crippen molar-refractivity contribution in [2.75, 3.05) is 5.32 Å². The molecule has 7 heteroatoms. The first-order valence-corrected chi connectivity index (χ1v) is 8.84. The molecule has 2 aromatic carbocycles. The van der Waals surface area contributed by atoms with E-state index in [1.807, 2.05) is 0 Å². The van der Waals surface area contributed by atoms with Crippen LogP contribution in [-0.2, 0) is 9.53 Å². The minimum atomic E-state index is -1.23. The molecule has 7 nitrogen and oxygen atoms in total. The molecular formula is C20H20N2O5. The Morgan fingerprint density at radius 1 is 0.963 bits per heavy atom. The van der Waals surface area contributed by atoms with Gasteiger partial charge in [0.05, 0.1) is 10.5 Å². The largest absolute Gasteiger partial charge is 0.445 e. The lowest BCUT2D eigenvalue weighted by molar-refractivity contribution is -0.384. The zero-order chi connectivity index (χ0) is 19.3. The third kappa shape index (κ3) is 4.31. The Bertz CT molecular complexity index is 827. The molecule has 1 aliphatic rings. The Morgan fingerprint density at radius 2 is 1.59 bits per heavy atom. The fourth-order valence-electron chi connectivity index (χ4n) is 3.22. The van der Waals surface area contributed by atoms with Crippen LogP contribution in [0.1, 0.15) is 42.5 Å². The summed E-state index contributed by atoms with van der Waals surface area (Å²) in [4.78, 5) is 35.7. The van der Waals surface area contributed by atoms with Crippen molar-refractivity contribution in [3.05, 3.63) is 70.3 Å². The van der Waals surface area contributed by atoms with Gasteiger partial charge >= 0.3 is 5.97 Å². The van der Waals surface area contributed by atoms with E-state index in [0.29, 0.717) is 24.1 Å². The highest BCUT2D eigenvalue weighted by Gasteiger charge is 2.43. The Kier molecular flexibility index (Phi) is 5.49. The van der Waals surface area contributed by atoms with Gasteiger partial charge in [0.15, 0.2) is 5.60 Å². The summed E-state index contributed by atoms with van der Waals surface area (Å²) in [6.45, 7) is 0. The number of anilines is 1. The smallest absolute Gasteiger partial charge is 0.339 e. The average molecular weight is 368 g/mol. The Labute approximate surface area is 156 Å². The van der Waals surface area contributed by atoms with Crippen LogP contribution < -0.4 is 5.32 Å². The third-order valence-electron chi connectivity index (χ3n) is 4.71. The number of carbonyl (C=O) groups excluding carboxylic acids is 2. The molecule has 2 aromatic rings. The van der Waals surface area contributed by atoms with E-state index >= 15 is 0 Å². The van der Waals surface area contributed by atoms with Gasteiger partial charge in [-0.3, -0.25) is 14.9 Å². The van der Waals surface area contributed by atoms with Crippen LogP contribution in [0, 0.1) is 10.1 Å². The lowest BCUT2D eigenvalue weighted by Gasteiger charge is -2.35. The number of nitro benzene ring substituents is 1. The quantitative estimate of drug-likeness (QED) is 0.487. The molecule has 0 heterocycles. The number of hydrogen-bond donors (Lipinski definition) is 1. The molecule has 3 rings (SSSR count). The summed E-state index contributed by atoms with van der Waals surface area (Å²) in [5, 5.41) is 13.5. The maximum absolute atomic E-state index is 13.0. The monoisotopic (exact) mass is 368 g/mol. The Balaban J connectivity index is 1.77. The third-order valence-corrected chi connectivity index (χ3v) is 4.71. The first-order valence-electron chi connectivity index (χ1n) is 8.84. The maximum Gasteiger partial charge on any atom is 0.339 e. The number of esters is 1. The highest BCUT2D eigenvalue weighted by molar-refractivity contribution is 6.00. The van der Waals surface area contributed by atoms with Crippen LogP contribution in [0.25, 0.3) is 0 Å². The van der Waals surface area contributed by atoms with Crippen LogP contribution in [0.5, 0.6) is 0 Å². The summed E-state index contributed by atoms with van der Waals surface area (Å²) in [5.74, 6) is -0.934. The zero-order valence-electron chi connectivity index (χ0n) is 14.7. The molecule has 0 spiro atoms. The summed E-state index contributed by atoms with van der Waals surface area (Å²) in [6, 6.07) is 14.1. The van der Waals surface area contributed by atoms with Crippen LogP contribution in [-0.4, -0.2) is 22.4 Å². The van der Waals surface area contributed by atoms with Gasteiger partial charge in [0.25, 0.3) is 11.6 Å². The van der Waals surface area contributed by atoms with Crippen molar-refractivity contribution in [2.24, 2.45) is 0 Å². The average Bonchev–Trinajstić information content (AvgIpc) is 2.69. The second-order valence-corrected chi connectivity index (χ2v) is 6.57. The van der Waals surface area contributed by atoms with Crippen LogP contribution in [0.4, 0.5) is 11.4 Å². The van der Waals surface area contributed by atoms with Crippen molar-refractivity contribution in [1.29, 1.82) is 0 Å². The second-order valence-electron chi connectivity index (χ2n) is 6.57. The normalized spacial score (nSPS) is 15.6. The molecule has 0 bridgehead atoms. The molecule has 0 saturated heterocycles. The first kappa shape index (κ1) is 18.6. The lowest BCUT2D eigenvalue weighted by Crippen LogP contribution is -2.48. The number of benzene rings is 2. The molecule has 27 heavy (non-hydrogen) atoms. The van der Waals surface area contributed by atoms with E-state index in [2.05, 4.69) is 5.32 Å². The number of amides is 1. The number of carbonyl (C=O) groups is 2. The van der Waals surface area contributed by atoms with E-state index in [1.165, 1.54) is 24.3 Å². The summed E-state index contributed by atoms with van der Waals surface area (Å²) in [5.41, 5.74) is -0.472. The van der Waals surface area contributed by atoms with Gasteiger partial charge in [-0.1, -0.05) is 24.6 Å². The number of nitro groups is 1. The Hall–Kier alpha value is -3.22. The van der Waals surface area contributed by atoms with Gasteiger partial charge in [-0.2, -0.15) is 0 Å². The summed E-state index contributed by atoms with van der Waals surface area (Å²) >= 11 is 0. The fraction of sp³-hybridized carbons (Fsp3) is 0.300. The van der Waals surface area contributed by atoms with Crippen molar-refractivity contribution >= 4 is 23.3 Å². The van der Waals surface area contributed by atoms with E-state index in [-0.39, 0.29) is 5.69 Å². The van der Waals surface area contributed by atoms with Crippen LogP contribution in [0.15, 0.2) is 54.6 Å². The van der Waals surface area contributed by atoms with Crippen molar-refractivity contribution in [1.82, 2.24) is 0 Å². The van der Waals surface area contributed by atoms with Crippen molar-refractivity contribution in [3.8, 4) is 0 Å². The molecule has 0 radical (unpaired) electrons. The summed E-state index contributed by atoms with van der Waals surface area (Å²) in [7, 11) is 0. The highest BCUT2D eigenvalue weighted by atomic mass is 16.6. The molecule has 1 amide bonds. The van der Waals surface area contributed by atoms with E-state index in [4.69, 9.17) is 4.74 Å². The van der Waals surface area contributed by atoms with Crippen LogP contribution in [0.2, 0.25) is 0 Å². The van der Waals surface area contributed by atoms with Crippen molar-refractivity contribution < 1.29 is 19.2 Å². The van der Waals surface area contributed by atoms with Crippen LogP contribution >= 0.6 is 0 Å². The number of hydrogen-bond acceptors (Lipinski definition) is 5. The van der Waals surface area contributed by atoms with Gasteiger partial charge in [0.1, 0.15) is 0 Å². The van der Waals surface area contributed by atoms with E-state index in [0.717, 1.165) is 19.3 Å². The SMILES string of the molecule is O=C(OC1(C(=O)Nc2ccc([N+](=O)[O-])cc2)CCCCC1)c1ccccc1. The van der Waals surface area contributed by atoms with Gasteiger partial charge in [-0.15, -0.1) is 0 Å². The molecule has 1 aliphatic carbocycles. The summed E-state index contributed by atoms with van der Waals surface area (Å²) in [6.07, 6.45) is 3.45. The van der Waals surface area contributed by atoms with Gasteiger partial charge in [0.2, 0.25) is 0 Å². The zero-order valence-corrected chi connectivity index (χ0v) is 14.7. The minimum absolute atomic E-state index is 0.0594. The predicted octanol–water partition coefficient (Wildman–Crippen LogP) is 4.09. The summed E-state index contributed by atoms with van der Waals surface area (Å²) < 4.78 is 5.70. The Morgan fingerprint density at radius 3 is 2.19 bits per heavy atom. The standard InChI is InChI=1S/C20H20N2O5/c23-18(15-7-3-1-4-8-15)27-20(13-5-2-6-14-20)19(24)21-16-9-11-17(12-10-16)22(25)26/h1,3-4,7-12H,2,5-6,13-14H2,(H,21,24). The number of rotatable bonds is 5. The van der Waals surface area contributed by atoms with Gasteiger partial charge in [0, 0.05) is 17.8 Å². The molecule has 0 atom stereocenters. The van der Waals surface area contributed by atoms with Gasteiger partial charge in [-0.25, -0.2) is 4.79 Å². The molecule has 1 saturated carbocycles. The van der Waals surface area contributed by atoms with E-state index in [1.54, 1.807) is 30.3 Å². The topological polar surface area (TPSA) is 98.5 Å². The molecule has 1 fully saturated rings. The number of ether oxygens (including phenoxy) is 1. The number of nitrogens with one attached hydrogen (secondary N) is 1. The first-order chi connectivity index (χ1) is 13.0. The predicted molar refractivity (Wildman–Crippen MR) is 99.4 cm³/mol. The minimum Gasteiger partial charge on any atom is -0.445 e. The number of nitrogens with zero attached hydrogens (tertiary/aromatic N) is 1.